The van der Waals surface area contributed by atoms with Gasteiger partial charge in [0.1, 0.15) is 11.3 Å². The zero-order chi connectivity index (χ0) is 21.7. The predicted molar refractivity (Wildman–Crippen MR) is 113 cm³/mol. The van der Waals surface area contributed by atoms with Crippen LogP contribution < -0.4 is 25.2 Å². The second kappa shape index (κ2) is 9.35. The fourth-order valence-corrected chi connectivity index (χ4v) is 3.31. The van der Waals surface area contributed by atoms with E-state index in [2.05, 4.69) is 5.32 Å². The van der Waals surface area contributed by atoms with E-state index >= 15 is 0 Å². The fourth-order valence-electron chi connectivity index (χ4n) is 3.31. The van der Waals surface area contributed by atoms with Gasteiger partial charge in [0.05, 0.1) is 21.3 Å². The number of carbonyl (C=O) groups is 1. The van der Waals surface area contributed by atoms with Crippen LogP contribution in [0.3, 0.4) is 0 Å². The van der Waals surface area contributed by atoms with Crippen LogP contribution in [-0.4, -0.2) is 27.2 Å². The smallest absolute Gasteiger partial charge is 0.339 e. The van der Waals surface area contributed by atoms with Gasteiger partial charge in [0.15, 0.2) is 11.5 Å². The van der Waals surface area contributed by atoms with Crippen LogP contribution in [0, 0.1) is 6.92 Å². The summed E-state index contributed by atoms with van der Waals surface area (Å²) >= 11 is 0. The highest BCUT2D eigenvalue weighted by Gasteiger charge is 2.14. The number of fused-ring (bicyclic) bond motifs is 1. The maximum Gasteiger partial charge on any atom is 0.339 e. The third-order valence-corrected chi connectivity index (χ3v) is 5.03. The Labute approximate surface area is 174 Å². The van der Waals surface area contributed by atoms with Crippen molar-refractivity contribution >= 4 is 16.9 Å². The van der Waals surface area contributed by atoms with Gasteiger partial charge in [0.2, 0.25) is 5.91 Å². The number of carbonyl (C=O) groups excluding carboxylic acids is 1. The summed E-state index contributed by atoms with van der Waals surface area (Å²) in [5, 5.41) is 3.69. The molecular formula is C23H25NO6. The number of methoxy groups -OCH3 is 3. The van der Waals surface area contributed by atoms with Gasteiger partial charge in [-0.2, -0.15) is 0 Å². The summed E-state index contributed by atoms with van der Waals surface area (Å²) in [6.07, 6.45) is 0.481. The first-order valence-electron chi connectivity index (χ1n) is 9.54. The number of hydrogen-bond acceptors (Lipinski definition) is 6. The molecule has 0 aliphatic carbocycles. The summed E-state index contributed by atoms with van der Waals surface area (Å²) in [6.45, 7) is 2.22. The predicted octanol–water partition coefficient (Wildman–Crippen LogP) is 3.38. The lowest BCUT2D eigenvalue weighted by Crippen LogP contribution is -2.24. The molecule has 2 aromatic carbocycles. The van der Waals surface area contributed by atoms with Gasteiger partial charge < -0.3 is 23.9 Å². The van der Waals surface area contributed by atoms with Crippen molar-refractivity contribution in [3.8, 4) is 17.2 Å². The van der Waals surface area contributed by atoms with Crippen molar-refractivity contribution in [2.75, 3.05) is 21.3 Å². The minimum Gasteiger partial charge on any atom is -0.497 e. The van der Waals surface area contributed by atoms with E-state index in [1.807, 2.05) is 31.2 Å². The Bertz CT molecular complexity index is 1120. The Morgan fingerprint density at radius 1 is 1.00 bits per heavy atom. The lowest BCUT2D eigenvalue weighted by atomic mass is 10.0. The maximum atomic E-state index is 12.4. The molecule has 3 rings (SSSR count). The van der Waals surface area contributed by atoms with E-state index in [4.69, 9.17) is 18.6 Å². The standard InChI is InChI=1S/C23H25NO6/c1-14-17-7-6-16(27-2)12-20(17)30-23(26)18(14)8-10-22(25)24-13-15-5-9-19(28-3)21(11-15)29-4/h5-7,9,11-12H,8,10,13H2,1-4H3,(H,24,25). The van der Waals surface area contributed by atoms with Gasteiger partial charge in [0.25, 0.3) is 0 Å². The molecule has 7 nitrogen and oxygen atoms in total. The maximum absolute atomic E-state index is 12.4. The Hall–Kier alpha value is -3.48. The third-order valence-electron chi connectivity index (χ3n) is 5.03. The highest BCUT2D eigenvalue weighted by Crippen LogP contribution is 2.27. The second-order valence-corrected chi connectivity index (χ2v) is 6.82. The van der Waals surface area contributed by atoms with Crippen LogP contribution in [0.2, 0.25) is 0 Å². The van der Waals surface area contributed by atoms with Crippen molar-refractivity contribution in [3.05, 3.63) is 63.5 Å². The third kappa shape index (κ3) is 4.56. The van der Waals surface area contributed by atoms with Gasteiger partial charge >= 0.3 is 5.63 Å². The number of amides is 1. The van der Waals surface area contributed by atoms with Crippen molar-refractivity contribution in [3.63, 3.8) is 0 Å². The summed E-state index contributed by atoms with van der Waals surface area (Å²) < 4.78 is 21.1. The number of ether oxygens (including phenoxy) is 3. The van der Waals surface area contributed by atoms with Crippen LogP contribution in [0.25, 0.3) is 11.0 Å². The minimum absolute atomic E-state index is 0.154. The van der Waals surface area contributed by atoms with Crippen LogP contribution in [0.15, 0.2) is 45.6 Å². The zero-order valence-electron chi connectivity index (χ0n) is 17.5. The van der Waals surface area contributed by atoms with Gasteiger partial charge in [-0.1, -0.05) is 6.07 Å². The monoisotopic (exact) mass is 411 g/mol. The summed E-state index contributed by atoms with van der Waals surface area (Å²) in [5.74, 6) is 1.69. The molecule has 0 spiro atoms. The molecule has 1 N–H and O–H groups in total. The fraction of sp³-hybridized carbons (Fsp3) is 0.304. The highest BCUT2D eigenvalue weighted by molar-refractivity contribution is 5.82. The molecule has 0 aliphatic heterocycles. The molecule has 158 valence electrons. The minimum atomic E-state index is -0.430. The van der Waals surface area contributed by atoms with Crippen molar-refractivity contribution < 1.29 is 23.4 Å². The molecule has 0 radical (unpaired) electrons. The normalized spacial score (nSPS) is 10.7. The molecule has 0 saturated carbocycles. The van der Waals surface area contributed by atoms with Crippen LogP contribution >= 0.6 is 0 Å². The first kappa shape index (κ1) is 21.2. The van der Waals surface area contributed by atoms with E-state index in [0.29, 0.717) is 41.4 Å². The molecular weight excluding hydrogens is 386 g/mol. The van der Waals surface area contributed by atoms with E-state index in [1.54, 1.807) is 33.5 Å². The molecule has 0 bridgehead atoms. The molecule has 7 heteroatoms. The summed E-state index contributed by atoms with van der Waals surface area (Å²) in [5.41, 5.74) is 2.25. The van der Waals surface area contributed by atoms with E-state index in [9.17, 15) is 9.59 Å². The number of benzene rings is 2. The molecule has 30 heavy (non-hydrogen) atoms. The summed E-state index contributed by atoms with van der Waals surface area (Å²) in [4.78, 5) is 24.7. The highest BCUT2D eigenvalue weighted by atomic mass is 16.5. The van der Waals surface area contributed by atoms with Crippen molar-refractivity contribution in [2.24, 2.45) is 0 Å². The van der Waals surface area contributed by atoms with Gasteiger partial charge in [-0.3, -0.25) is 4.79 Å². The van der Waals surface area contributed by atoms with Crippen LogP contribution in [0.1, 0.15) is 23.1 Å². The van der Waals surface area contributed by atoms with Crippen LogP contribution in [0.5, 0.6) is 17.2 Å². The van der Waals surface area contributed by atoms with Gasteiger partial charge in [-0.05, 0) is 48.7 Å². The van der Waals surface area contributed by atoms with Crippen LogP contribution in [-0.2, 0) is 17.8 Å². The van der Waals surface area contributed by atoms with E-state index in [1.165, 1.54) is 0 Å². The van der Waals surface area contributed by atoms with Crippen molar-refractivity contribution in [2.45, 2.75) is 26.3 Å². The zero-order valence-corrected chi connectivity index (χ0v) is 17.5. The average molecular weight is 411 g/mol. The molecule has 0 atom stereocenters. The van der Waals surface area contributed by atoms with Crippen molar-refractivity contribution in [1.29, 1.82) is 0 Å². The summed E-state index contributed by atoms with van der Waals surface area (Å²) in [6, 6.07) is 10.8. The molecule has 0 aliphatic rings. The molecule has 1 heterocycles. The average Bonchev–Trinajstić information content (AvgIpc) is 2.76. The number of rotatable bonds is 8. The first-order valence-corrected chi connectivity index (χ1v) is 9.54. The molecule has 0 saturated heterocycles. The SMILES string of the molecule is COc1ccc2c(C)c(CCC(=O)NCc3ccc(OC)c(OC)c3)c(=O)oc2c1. The number of aryl methyl sites for hydroxylation is 1. The van der Waals surface area contributed by atoms with E-state index < -0.39 is 5.63 Å². The van der Waals surface area contributed by atoms with E-state index in [0.717, 1.165) is 16.5 Å². The summed E-state index contributed by atoms with van der Waals surface area (Å²) in [7, 11) is 4.69. The Kier molecular flexibility index (Phi) is 6.61. The quantitative estimate of drug-likeness (QED) is 0.572. The molecule has 1 aromatic heterocycles. The Morgan fingerprint density at radius 3 is 2.47 bits per heavy atom. The van der Waals surface area contributed by atoms with Gasteiger partial charge in [0, 0.05) is 30.0 Å². The Morgan fingerprint density at radius 2 is 1.77 bits per heavy atom. The first-order chi connectivity index (χ1) is 14.5. The largest absolute Gasteiger partial charge is 0.497 e. The molecule has 1 amide bonds. The lowest BCUT2D eigenvalue weighted by Gasteiger charge is -2.11. The molecule has 0 fully saturated rings. The number of nitrogens with one attached hydrogen (secondary N) is 1. The Balaban J connectivity index is 1.66. The molecule has 0 unspecified atom stereocenters. The number of hydrogen-bond donors (Lipinski definition) is 1. The van der Waals surface area contributed by atoms with Crippen LogP contribution in [0.4, 0.5) is 0 Å². The van der Waals surface area contributed by atoms with Gasteiger partial charge in [-0.15, -0.1) is 0 Å². The lowest BCUT2D eigenvalue weighted by molar-refractivity contribution is -0.121. The van der Waals surface area contributed by atoms with Gasteiger partial charge in [-0.25, -0.2) is 4.79 Å². The second-order valence-electron chi connectivity index (χ2n) is 6.82. The van der Waals surface area contributed by atoms with Crippen molar-refractivity contribution in [1.82, 2.24) is 5.32 Å². The van der Waals surface area contributed by atoms with E-state index in [-0.39, 0.29) is 12.3 Å². The molecule has 3 aromatic rings. The topological polar surface area (TPSA) is 87.0 Å².